The first-order chi connectivity index (χ1) is 7.81. The Morgan fingerprint density at radius 2 is 1.56 bits per heavy atom. The minimum absolute atomic E-state index is 0.654. The molecule has 1 rings (SSSR count). The van der Waals surface area contributed by atoms with E-state index in [9.17, 15) is 25.2 Å². The fourth-order valence-corrected chi connectivity index (χ4v) is 0.771. The topological polar surface area (TPSA) is 27.3 Å². The van der Waals surface area contributed by atoms with Crippen molar-refractivity contribution in [3.8, 4) is 0 Å². The second kappa shape index (κ2) is 4.83. The molecule has 1 heterocycles. The number of halogens is 6. The minimum atomic E-state index is -10.7. The van der Waals surface area contributed by atoms with Crippen molar-refractivity contribution in [2.45, 2.75) is 13.8 Å². The van der Waals surface area contributed by atoms with Gasteiger partial charge in [0, 0.05) is 0 Å². The molecular weight excluding hydrogens is 289 g/mol. The number of imidazole rings is 1. The van der Waals surface area contributed by atoms with Crippen molar-refractivity contribution in [2.24, 2.45) is 0 Å². The van der Waals surface area contributed by atoms with Crippen LogP contribution in [0.25, 0.3) is 0 Å². The van der Waals surface area contributed by atoms with Crippen LogP contribution in [0, 0.1) is 0 Å². The summed E-state index contributed by atoms with van der Waals surface area (Å²) < 4.78 is 62.4. The van der Waals surface area contributed by atoms with Gasteiger partial charge in [-0.2, -0.15) is 0 Å². The summed E-state index contributed by atoms with van der Waals surface area (Å²) in [6.07, 6.45) is 5.31. The Bertz CT molecular complexity index is 343. The Morgan fingerprint density at radius 1 is 1.06 bits per heavy atom. The van der Waals surface area contributed by atoms with Crippen molar-refractivity contribution >= 4 is 7.81 Å². The zero-order chi connectivity index (χ0) is 14.5. The van der Waals surface area contributed by atoms with Crippen molar-refractivity contribution in [2.75, 3.05) is 13.2 Å². The summed E-state index contributed by atoms with van der Waals surface area (Å²) in [5.74, 6) is 0. The van der Waals surface area contributed by atoms with Gasteiger partial charge < -0.3 is 9.68 Å². The van der Waals surface area contributed by atoms with Crippen LogP contribution in [0.4, 0.5) is 25.2 Å². The van der Waals surface area contributed by atoms with Crippen LogP contribution in [-0.4, -0.2) is 17.9 Å². The molecule has 0 aliphatic carbocycles. The molecule has 0 amide bonds. The molecule has 0 saturated carbocycles. The number of rotatable bonds is 4. The third-order valence-electron chi connectivity index (χ3n) is 1.14. The van der Waals surface area contributed by atoms with E-state index in [0.29, 0.717) is 13.2 Å². The fraction of sp³-hybridized carbons (Fsp3) is 0.571. The van der Waals surface area contributed by atoms with E-state index in [1.165, 1.54) is 0 Å². The molecule has 0 aliphatic heterocycles. The number of hydrogen-bond acceptors (Lipinski definition) is 2. The number of nitrogens with zero attached hydrogens (tertiary/aromatic N) is 2. The molecule has 0 N–H and O–H groups in total. The van der Waals surface area contributed by atoms with Gasteiger partial charge in [-0.15, -0.1) is 0 Å². The molecule has 1 aromatic rings. The van der Waals surface area contributed by atoms with E-state index in [1.54, 1.807) is 28.2 Å². The van der Waals surface area contributed by atoms with Crippen LogP contribution in [0.2, 0.25) is 0 Å². The van der Waals surface area contributed by atoms with E-state index in [0.717, 1.165) is 0 Å². The van der Waals surface area contributed by atoms with E-state index < -0.39 is 7.81 Å². The zero-order valence-electron chi connectivity index (χ0n) is 9.57. The summed E-state index contributed by atoms with van der Waals surface area (Å²) in [6, 6.07) is 0. The molecular formula is C7H13F6N2O2P. The predicted molar refractivity (Wildman–Crippen MR) is 52.4 cm³/mol. The summed E-state index contributed by atoms with van der Waals surface area (Å²) in [7, 11) is -10.7. The van der Waals surface area contributed by atoms with Gasteiger partial charge in [0.05, 0.1) is 0 Å². The zero-order valence-corrected chi connectivity index (χ0v) is 10.5. The Kier molecular flexibility index (Phi) is 4.51. The van der Waals surface area contributed by atoms with Crippen molar-refractivity contribution in [1.82, 2.24) is 4.73 Å². The first kappa shape index (κ1) is 16.8. The van der Waals surface area contributed by atoms with Gasteiger partial charge >= 0.3 is 39.3 Å². The van der Waals surface area contributed by atoms with Crippen molar-refractivity contribution in [3.05, 3.63) is 18.7 Å². The van der Waals surface area contributed by atoms with Gasteiger partial charge in [0.1, 0.15) is 13.2 Å². The van der Waals surface area contributed by atoms with Crippen molar-refractivity contribution < 1.29 is 39.6 Å². The Hall–Kier alpha value is -1.18. The SMILES string of the molecule is CCOn1cc[n+](OCC)c1.F[P-](F)(F)(F)(F)F. The molecule has 0 bridgehead atoms. The molecule has 18 heavy (non-hydrogen) atoms. The summed E-state index contributed by atoms with van der Waals surface area (Å²) in [5.41, 5.74) is 0. The molecule has 0 radical (unpaired) electrons. The standard InChI is InChI=1S/C7H13N2O2.F6P/c1-3-10-8-5-6-9(7-8)11-4-2;1-7(2,3,4,5)6/h5-7H,3-4H2,1-2H3;/q+1;-1. The van der Waals surface area contributed by atoms with Gasteiger partial charge in [-0.1, -0.05) is 0 Å². The van der Waals surface area contributed by atoms with Crippen molar-refractivity contribution in [3.63, 3.8) is 0 Å². The average molecular weight is 302 g/mol. The van der Waals surface area contributed by atoms with Gasteiger partial charge in [0.15, 0.2) is 12.4 Å². The summed E-state index contributed by atoms with van der Waals surface area (Å²) in [5, 5.41) is 0. The molecule has 0 saturated heterocycles. The van der Waals surface area contributed by atoms with Gasteiger partial charge in [-0.3, -0.25) is 0 Å². The predicted octanol–water partition coefficient (Wildman–Crippen LogP) is 3.06. The molecule has 0 aromatic carbocycles. The average Bonchev–Trinajstić information content (AvgIpc) is 2.48. The van der Waals surface area contributed by atoms with Crippen LogP contribution in [0.3, 0.4) is 0 Å². The second-order valence-electron chi connectivity index (χ2n) is 2.93. The van der Waals surface area contributed by atoms with Crippen molar-refractivity contribution in [1.29, 1.82) is 0 Å². The first-order valence-electron chi connectivity index (χ1n) is 4.74. The molecule has 110 valence electrons. The maximum atomic E-state index is 9.87. The molecule has 1 aromatic heterocycles. The molecule has 11 heteroatoms. The molecule has 4 nitrogen and oxygen atoms in total. The first-order valence-corrected chi connectivity index (χ1v) is 6.77. The van der Waals surface area contributed by atoms with Crippen LogP contribution >= 0.6 is 7.81 Å². The van der Waals surface area contributed by atoms with Gasteiger partial charge in [-0.25, -0.2) is 0 Å². The van der Waals surface area contributed by atoms with Gasteiger partial charge in [-0.05, 0) is 23.3 Å². The summed E-state index contributed by atoms with van der Waals surface area (Å²) in [6.45, 7) is 5.18. The Morgan fingerprint density at radius 3 is 1.94 bits per heavy atom. The second-order valence-corrected chi connectivity index (χ2v) is 4.84. The Balaban J connectivity index is 0.000000360. The quantitative estimate of drug-likeness (QED) is 0.485. The molecule has 0 atom stereocenters. The van der Waals surface area contributed by atoms with Gasteiger partial charge in [0.25, 0.3) is 0 Å². The third kappa shape index (κ3) is 14.8. The van der Waals surface area contributed by atoms with Crippen LogP contribution in [0.15, 0.2) is 18.7 Å². The molecule has 0 aliphatic rings. The van der Waals surface area contributed by atoms with E-state index in [-0.39, 0.29) is 0 Å². The van der Waals surface area contributed by atoms with E-state index in [1.807, 2.05) is 13.8 Å². The summed E-state index contributed by atoms with van der Waals surface area (Å²) in [4.78, 5) is 10.3. The van der Waals surface area contributed by atoms with E-state index in [4.69, 9.17) is 9.68 Å². The normalized spacial score (nSPS) is 14.9. The summed E-state index contributed by atoms with van der Waals surface area (Å²) >= 11 is 0. The van der Waals surface area contributed by atoms with Crippen LogP contribution in [0.1, 0.15) is 13.8 Å². The van der Waals surface area contributed by atoms with Gasteiger partial charge in [0.2, 0.25) is 0 Å². The monoisotopic (exact) mass is 302 g/mol. The van der Waals surface area contributed by atoms with E-state index >= 15 is 0 Å². The Labute approximate surface area is 98.9 Å². The van der Waals surface area contributed by atoms with Crippen LogP contribution in [0.5, 0.6) is 0 Å². The molecule has 0 unspecified atom stereocenters. The van der Waals surface area contributed by atoms with Crippen LogP contribution < -0.4 is 14.4 Å². The number of hydrogen-bond donors (Lipinski definition) is 0. The molecule has 0 spiro atoms. The number of aromatic nitrogens is 2. The molecule has 0 fully saturated rings. The van der Waals surface area contributed by atoms with E-state index in [2.05, 4.69) is 0 Å². The maximum absolute atomic E-state index is 10.7. The van der Waals surface area contributed by atoms with Crippen LogP contribution in [-0.2, 0) is 0 Å². The fourth-order valence-electron chi connectivity index (χ4n) is 0.771. The third-order valence-corrected chi connectivity index (χ3v) is 1.14.